The molecule has 0 aromatic carbocycles. The molecular formula is C12H27P. The van der Waals surface area contributed by atoms with Crippen LogP contribution < -0.4 is 0 Å². The molecule has 0 N–H and O–H groups in total. The quantitative estimate of drug-likeness (QED) is 0.590. The largest absolute Gasteiger partial charge is 0.114 e. The van der Waals surface area contributed by atoms with Crippen molar-refractivity contribution in [3.05, 3.63) is 0 Å². The first-order chi connectivity index (χ1) is 5.41. The molecule has 0 aliphatic carbocycles. The maximum atomic E-state index is 4.45. The van der Waals surface area contributed by atoms with E-state index in [2.05, 4.69) is 54.5 Å². The van der Waals surface area contributed by atoms with Crippen molar-refractivity contribution in [2.24, 2.45) is 10.8 Å². The third kappa shape index (κ3) is 8.63. The Morgan fingerprint density at radius 3 is 1.23 bits per heavy atom. The van der Waals surface area contributed by atoms with E-state index in [-0.39, 0.29) is 0 Å². The van der Waals surface area contributed by atoms with Crippen molar-refractivity contribution in [1.82, 2.24) is 0 Å². The lowest BCUT2D eigenvalue weighted by atomic mass is 10.0. The molecule has 0 aromatic rings. The van der Waals surface area contributed by atoms with Crippen LogP contribution in [0.15, 0.2) is 0 Å². The molecule has 0 saturated carbocycles. The van der Waals surface area contributed by atoms with E-state index in [9.17, 15) is 0 Å². The van der Waals surface area contributed by atoms with Gasteiger partial charge in [0.15, 0.2) is 0 Å². The van der Waals surface area contributed by atoms with Gasteiger partial charge in [-0.25, -0.2) is 0 Å². The molecule has 0 heterocycles. The molecule has 0 saturated heterocycles. The van der Waals surface area contributed by atoms with Crippen LogP contribution in [-0.2, 0) is 0 Å². The molecule has 0 amide bonds. The van der Waals surface area contributed by atoms with Crippen molar-refractivity contribution in [3.8, 4) is 0 Å². The van der Waals surface area contributed by atoms with Gasteiger partial charge in [0.05, 0.1) is 0 Å². The maximum Gasteiger partial charge on any atom is -0.0285 e. The van der Waals surface area contributed by atoms with Crippen LogP contribution in [0.25, 0.3) is 0 Å². The van der Waals surface area contributed by atoms with Gasteiger partial charge in [0, 0.05) is 0 Å². The van der Waals surface area contributed by atoms with Crippen LogP contribution in [0.4, 0.5) is 0 Å². The molecule has 0 aliphatic heterocycles. The fraction of sp³-hybridized carbons (Fsp3) is 0.917. The normalized spacial score (nSPS) is 14.7. The zero-order valence-electron chi connectivity index (χ0n) is 10.6. The van der Waals surface area contributed by atoms with Crippen molar-refractivity contribution in [2.45, 2.75) is 41.5 Å². The molecular weight excluding hydrogens is 175 g/mol. The minimum absolute atomic E-state index is 0.440. The zero-order chi connectivity index (χ0) is 10.9. The molecule has 0 spiro atoms. The summed E-state index contributed by atoms with van der Waals surface area (Å²) < 4.78 is 0. The number of hydrogen-bond acceptors (Lipinski definition) is 0. The van der Waals surface area contributed by atoms with E-state index >= 15 is 0 Å². The summed E-state index contributed by atoms with van der Waals surface area (Å²) >= 11 is 0. The van der Waals surface area contributed by atoms with Gasteiger partial charge < -0.3 is 0 Å². The van der Waals surface area contributed by atoms with Crippen LogP contribution in [0.1, 0.15) is 41.5 Å². The molecule has 1 heteroatoms. The fourth-order valence-electron chi connectivity index (χ4n) is 2.35. The van der Waals surface area contributed by atoms with E-state index in [0.717, 1.165) is 0 Å². The summed E-state index contributed by atoms with van der Waals surface area (Å²) in [6.07, 6.45) is 7.06. The molecule has 80 valence electrons. The molecule has 0 nitrogen and oxygen atoms in total. The van der Waals surface area contributed by atoms with Gasteiger partial charge in [-0.3, -0.25) is 0 Å². The lowest BCUT2D eigenvalue weighted by Gasteiger charge is -2.33. The molecule has 0 rings (SSSR count). The van der Waals surface area contributed by atoms with Gasteiger partial charge in [-0.2, -0.15) is 0 Å². The van der Waals surface area contributed by atoms with E-state index in [4.69, 9.17) is 0 Å². The lowest BCUT2D eigenvalue weighted by Crippen LogP contribution is -2.19. The lowest BCUT2D eigenvalue weighted by molar-refractivity contribution is 0.458. The van der Waals surface area contributed by atoms with Gasteiger partial charge in [-0.05, 0) is 29.8 Å². The summed E-state index contributed by atoms with van der Waals surface area (Å²) in [4.78, 5) is 0. The van der Waals surface area contributed by atoms with E-state index in [1.807, 2.05) is 0 Å². The van der Waals surface area contributed by atoms with Crippen LogP contribution in [0.2, 0.25) is 0 Å². The van der Waals surface area contributed by atoms with Crippen molar-refractivity contribution >= 4 is 13.2 Å². The third-order valence-corrected chi connectivity index (χ3v) is 5.14. The predicted molar refractivity (Wildman–Crippen MR) is 68.6 cm³/mol. The second kappa shape index (κ2) is 3.81. The molecule has 0 aromatic heterocycles. The Labute approximate surface area is 85.1 Å². The maximum absolute atomic E-state index is 4.45. The Kier molecular flexibility index (Phi) is 3.90. The van der Waals surface area contributed by atoms with Crippen molar-refractivity contribution in [2.75, 3.05) is 19.0 Å². The van der Waals surface area contributed by atoms with E-state index in [0.29, 0.717) is 10.8 Å². The molecule has 0 unspecified atom stereocenters. The van der Waals surface area contributed by atoms with Gasteiger partial charge in [0.25, 0.3) is 0 Å². The second-order valence-electron chi connectivity index (χ2n) is 7.06. The Balaban J connectivity index is 4.35. The highest BCUT2D eigenvalue weighted by atomic mass is 31.2. The summed E-state index contributed by atoms with van der Waals surface area (Å²) in [5.74, 6) is 0. The first kappa shape index (κ1) is 13.3. The van der Waals surface area contributed by atoms with Crippen LogP contribution in [-0.4, -0.2) is 25.3 Å². The van der Waals surface area contributed by atoms with Crippen LogP contribution >= 0.6 is 6.89 Å². The molecule has 0 bridgehead atoms. The predicted octanol–water partition coefficient (Wildman–Crippen LogP) is 4.16. The highest BCUT2D eigenvalue weighted by Gasteiger charge is 2.23. The highest BCUT2D eigenvalue weighted by Crippen LogP contribution is 2.49. The molecule has 0 fully saturated rings. The Bertz CT molecular complexity index is 180. The first-order valence-corrected chi connectivity index (χ1v) is 7.89. The van der Waals surface area contributed by atoms with Gasteiger partial charge in [-0.15, -0.1) is 13.2 Å². The molecule has 0 radical (unpaired) electrons. The fourth-order valence-corrected chi connectivity index (χ4v) is 7.04. The van der Waals surface area contributed by atoms with E-state index in [1.54, 1.807) is 0 Å². The number of hydrogen-bond donors (Lipinski definition) is 0. The Morgan fingerprint density at radius 2 is 1.08 bits per heavy atom. The summed E-state index contributed by atoms with van der Waals surface area (Å²) in [6.45, 7) is 15.4. The van der Waals surface area contributed by atoms with Gasteiger partial charge in [-0.1, -0.05) is 41.5 Å². The summed E-state index contributed by atoms with van der Waals surface area (Å²) in [5.41, 5.74) is 0.880. The standard InChI is InChI=1S/C12H27P/c1-11(2,3)9-13(7,8)10-12(4,5)6/h7,9-10H2,1-6,8H3. The second-order valence-corrected chi connectivity index (χ2v) is 10.9. The number of rotatable bonds is 2. The highest BCUT2D eigenvalue weighted by molar-refractivity contribution is 7.73. The van der Waals surface area contributed by atoms with Gasteiger partial charge in [0.1, 0.15) is 0 Å². The van der Waals surface area contributed by atoms with Crippen molar-refractivity contribution in [1.29, 1.82) is 0 Å². The van der Waals surface area contributed by atoms with Crippen molar-refractivity contribution in [3.63, 3.8) is 0 Å². The van der Waals surface area contributed by atoms with Gasteiger partial charge in [0.2, 0.25) is 0 Å². The topological polar surface area (TPSA) is 0 Å². The summed E-state index contributed by atoms with van der Waals surface area (Å²) in [5, 5.41) is 0. The Morgan fingerprint density at radius 1 is 0.846 bits per heavy atom. The first-order valence-electron chi connectivity index (χ1n) is 5.10. The van der Waals surface area contributed by atoms with E-state index < -0.39 is 6.89 Å². The third-order valence-electron chi connectivity index (χ3n) is 1.71. The Hall–Kier alpha value is 0.300. The minimum atomic E-state index is -0.936. The van der Waals surface area contributed by atoms with Crippen molar-refractivity contribution < 1.29 is 0 Å². The summed E-state index contributed by atoms with van der Waals surface area (Å²) in [7, 11) is 0. The average molecular weight is 202 g/mol. The summed E-state index contributed by atoms with van der Waals surface area (Å²) in [6, 6.07) is 0. The van der Waals surface area contributed by atoms with Crippen LogP contribution in [0.3, 0.4) is 0 Å². The molecule has 13 heavy (non-hydrogen) atoms. The average Bonchev–Trinajstić information content (AvgIpc) is 1.43. The molecule has 0 atom stereocenters. The minimum Gasteiger partial charge on any atom is -0.114 e. The van der Waals surface area contributed by atoms with E-state index in [1.165, 1.54) is 12.3 Å². The zero-order valence-corrected chi connectivity index (χ0v) is 11.5. The monoisotopic (exact) mass is 202 g/mol. The smallest absolute Gasteiger partial charge is 0.0285 e. The molecule has 0 aliphatic rings. The van der Waals surface area contributed by atoms with Gasteiger partial charge >= 0.3 is 0 Å². The van der Waals surface area contributed by atoms with Crippen LogP contribution in [0.5, 0.6) is 0 Å². The SMILES string of the molecule is C=P(C)(CC(C)(C)C)CC(C)(C)C. The van der Waals surface area contributed by atoms with Crippen LogP contribution in [0, 0.1) is 10.8 Å².